The summed E-state index contributed by atoms with van der Waals surface area (Å²) < 4.78 is 5.87. The molecular formula is C15H18N2O. The minimum atomic E-state index is 0.498. The van der Waals surface area contributed by atoms with Crippen molar-refractivity contribution in [1.29, 1.82) is 0 Å². The van der Waals surface area contributed by atoms with Crippen molar-refractivity contribution in [2.75, 3.05) is 0 Å². The summed E-state index contributed by atoms with van der Waals surface area (Å²) in [5.74, 6) is 1.49. The fourth-order valence-corrected chi connectivity index (χ4v) is 1.78. The molecule has 0 bridgehead atoms. The monoisotopic (exact) mass is 242 g/mol. The van der Waals surface area contributed by atoms with E-state index in [4.69, 9.17) is 10.5 Å². The SMILES string of the molecule is Cc1cc(CN)cnc1Oc1cccc(C)c1C. The molecule has 1 heterocycles. The molecule has 0 radical (unpaired) electrons. The van der Waals surface area contributed by atoms with Gasteiger partial charge in [0.05, 0.1) is 0 Å². The number of hydrogen-bond donors (Lipinski definition) is 1. The van der Waals surface area contributed by atoms with Crippen molar-refractivity contribution < 1.29 is 4.74 Å². The molecule has 1 aromatic carbocycles. The maximum atomic E-state index is 5.87. The summed E-state index contributed by atoms with van der Waals surface area (Å²) in [5.41, 5.74) is 9.95. The van der Waals surface area contributed by atoms with Gasteiger partial charge in [-0.25, -0.2) is 4.98 Å². The van der Waals surface area contributed by atoms with Gasteiger partial charge >= 0.3 is 0 Å². The molecule has 2 aromatic rings. The number of hydrogen-bond acceptors (Lipinski definition) is 3. The number of aryl methyl sites for hydroxylation is 2. The van der Waals surface area contributed by atoms with E-state index in [9.17, 15) is 0 Å². The Hall–Kier alpha value is -1.87. The highest BCUT2D eigenvalue weighted by molar-refractivity contribution is 5.41. The van der Waals surface area contributed by atoms with Gasteiger partial charge in [-0.15, -0.1) is 0 Å². The molecule has 18 heavy (non-hydrogen) atoms. The molecule has 1 aromatic heterocycles. The van der Waals surface area contributed by atoms with Crippen molar-refractivity contribution in [1.82, 2.24) is 4.98 Å². The van der Waals surface area contributed by atoms with Crippen LogP contribution >= 0.6 is 0 Å². The molecule has 94 valence electrons. The van der Waals surface area contributed by atoms with Crippen LogP contribution in [0.2, 0.25) is 0 Å². The van der Waals surface area contributed by atoms with Gasteiger partial charge in [0.25, 0.3) is 0 Å². The van der Waals surface area contributed by atoms with Gasteiger partial charge in [0.1, 0.15) is 5.75 Å². The highest BCUT2D eigenvalue weighted by Crippen LogP contribution is 2.27. The Labute approximate surface area is 108 Å². The van der Waals surface area contributed by atoms with E-state index in [2.05, 4.69) is 18.0 Å². The first-order valence-electron chi connectivity index (χ1n) is 6.01. The number of aromatic nitrogens is 1. The van der Waals surface area contributed by atoms with Crippen LogP contribution in [0.4, 0.5) is 0 Å². The Kier molecular flexibility index (Phi) is 3.63. The average molecular weight is 242 g/mol. The minimum absolute atomic E-state index is 0.498. The predicted octanol–water partition coefficient (Wildman–Crippen LogP) is 3.26. The fraction of sp³-hybridized carbons (Fsp3) is 0.267. The molecule has 0 aliphatic heterocycles. The Morgan fingerprint density at radius 1 is 1.17 bits per heavy atom. The van der Waals surface area contributed by atoms with Gasteiger partial charge in [-0.3, -0.25) is 0 Å². The van der Waals surface area contributed by atoms with E-state index in [0.29, 0.717) is 12.4 Å². The highest BCUT2D eigenvalue weighted by Gasteiger charge is 2.07. The average Bonchev–Trinajstić information content (AvgIpc) is 2.37. The van der Waals surface area contributed by atoms with Gasteiger partial charge in [0.15, 0.2) is 0 Å². The van der Waals surface area contributed by atoms with E-state index in [0.717, 1.165) is 22.4 Å². The van der Waals surface area contributed by atoms with Crippen LogP contribution in [0.5, 0.6) is 11.6 Å². The number of ether oxygens (including phenoxy) is 1. The van der Waals surface area contributed by atoms with E-state index < -0.39 is 0 Å². The number of rotatable bonds is 3. The van der Waals surface area contributed by atoms with Crippen LogP contribution in [0.3, 0.4) is 0 Å². The normalized spacial score (nSPS) is 10.4. The van der Waals surface area contributed by atoms with Crippen molar-refractivity contribution in [3.8, 4) is 11.6 Å². The van der Waals surface area contributed by atoms with Crippen molar-refractivity contribution >= 4 is 0 Å². The van der Waals surface area contributed by atoms with Gasteiger partial charge in [-0.1, -0.05) is 12.1 Å². The zero-order valence-electron chi connectivity index (χ0n) is 11.0. The number of nitrogens with two attached hydrogens (primary N) is 1. The Balaban J connectivity index is 2.31. The van der Waals surface area contributed by atoms with Crippen LogP contribution in [0.25, 0.3) is 0 Å². The van der Waals surface area contributed by atoms with Gasteiger partial charge in [-0.2, -0.15) is 0 Å². The van der Waals surface area contributed by atoms with Crippen molar-refractivity contribution in [2.24, 2.45) is 5.73 Å². The van der Waals surface area contributed by atoms with Crippen LogP contribution in [0, 0.1) is 20.8 Å². The van der Waals surface area contributed by atoms with Crippen LogP contribution in [-0.2, 0) is 6.54 Å². The zero-order valence-corrected chi connectivity index (χ0v) is 11.0. The smallest absolute Gasteiger partial charge is 0.222 e. The summed E-state index contributed by atoms with van der Waals surface area (Å²) in [6, 6.07) is 8.02. The Morgan fingerprint density at radius 3 is 2.61 bits per heavy atom. The van der Waals surface area contributed by atoms with Crippen molar-refractivity contribution in [2.45, 2.75) is 27.3 Å². The predicted molar refractivity (Wildman–Crippen MR) is 72.9 cm³/mol. The van der Waals surface area contributed by atoms with Crippen molar-refractivity contribution in [3.05, 3.63) is 52.7 Å². The molecule has 2 rings (SSSR count). The molecule has 2 N–H and O–H groups in total. The standard InChI is InChI=1S/C15H18N2O/c1-10-5-4-6-14(12(10)3)18-15-11(2)7-13(8-16)9-17-15/h4-7,9H,8,16H2,1-3H3. The second-order valence-corrected chi connectivity index (χ2v) is 4.47. The molecule has 0 fully saturated rings. The molecule has 0 unspecified atom stereocenters. The lowest BCUT2D eigenvalue weighted by atomic mass is 10.1. The maximum Gasteiger partial charge on any atom is 0.222 e. The molecule has 0 aliphatic carbocycles. The lowest BCUT2D eigenvalue weighted by molar-refractivity contribution is 0.454. The van der Waals surface area contributed by atoms with Crippen LogP contribution in [-0.4, -0.2) is 4.98 Å². The van der Waals surface area contributed by atoms with Crippen LogP contribution in [0.1, 0.15) is 22.3 Å². The number of nitrogens with zero attached hydrogens (tertiary/aromatic N) is 1. The molecule has 0 atom stereocenters. The van der Waals surface area contributed by atoms with Crippen molar-refractivity contribution in [3.63, 3.8) is 0 Å². The number of benzene rings is 1. The summed E-state index contributed by atoms with van der Waals surface area (Å²) in [6.07, 6.45) is 1.76. The molecule has 0 saturated carbocycles. The van der Waals surface area contributed by atoms with E-state index in [1.165, 1.54) is 5.56 Å². The fourth-order valence-electron chi connectivity index (χ4n) is 1.78. The zero-order chi connectivity index (χ0) is 13.1. The first-order valence-corrected chi connectivity index (χ1v) is 6.01. The number of pyridine rings is 1. The lowest BCUT2D eigenvalue weighted by Crippen LogP contribution is -2.00. The largest absolute Gasteiger partial charge is 0.438 e. The first kappa shape index (κ1) is 12.6. The van der Waals surface area contributed by atoms with E-state index in [-0.39, 0.29) is 0 Å². The quantitative estimate of drug-likeness (QED) is 0.898. The summed E-state index contributed by atoms with van der Waals surface area (Å²) in [7, 11) is 0. The third-order valence-corrected chi connectivity index (χ3v) is 3.08. The molecule has 0 aliphatic rings. The lowest BCUT2D eigenvalue weighted by Gasteiger charge is -2.12. The van der Waals surface area contributed by atoms with Crippen LogP contribution in [0.15, 0.2) is 30.5 Å². The second kappa shape index (κ2) is 5.19. The van der Waals surface area contributed by atoms with Gasteiger partial charge in [0, 0.05) is 18.3 Å². The van der Waals surface area contributed by atoms with E-state index in [1.807, 2.05) is 32.0 Å². The molecule has 0 spiro atoms. The summed E-state index contributed by atoms with van der Waals surface area (Å²) in [4.78, 5) is 4.31. The van der Waals surface area contributed by atoms with Gasteiger partial charge in [-0.05, 0) is 49.6 Å². The van der Waals surface area contributed by atoms with E-state index in [1.54, 1.807) is 6.20 Å². The molecule has 3 nitrogen and oxygen atoms in total. The maximum absolute atomic E-state index is 5.87. The molecular weight excluding hydrogens is 224 g/mol. The second-order valence-electron chi connectivity index (χ2n) is 4.47. The molecule has 3 heteroatoms. The molecule has 0 amide bonds. The van der Waals surface area contributed by atoms with Crippen LogP contribution < -0.4 is 10.5 Å². The Morgan fingerprint density at radius 2 is 1.94 bits per heavy atom. The summed E-state index contributed by atoms with van der Waals surface area (Å²) >= 11 is 0. The summed E-state index contributed by atoms with van der Waals surface area (Å²) in [6.45, 7) is 6.60. The first-order chi connectivity index (χ1) is 8.61. The third kappa shape index (κ3) is 2.51. The molecule has 0 saturated heterocycles. The third-order valence-electron chi connectivity index (χ3n) is 3.08. The van der Waals surface area contributed by atoms with Gasteiger partial charge in [0.2, 0.25) is 5.88 Å². The summed E-state index contributed by atoms with van der Waals surface area (Å²) in [5, 5.41) is 0. The van der Waals surface area contributed by atoms with Gasteiger partial charge < -0.3 is 10.5 Å². The topological polar surface area (TPSA) is 48.1 Å². The van der Waals surface area contributed by atoms with E-state index >= 15 is 0 Å². The highest BCUT2D eigenvalue weighted by atomic mass is 16.5. The Bertz CT molecular complexity index is 564. The minimum Gasteiger partial charge on any atom is -0.438 e.